The summed E-state index contributed by atoms with van der Waals surface area (Å²) in [5.74, 6) is -1.61. The Morgan fingerprint density at radius 1 is 0.974 bits per heavy atom. The molecular weight excluding hydrogens is 500 g/mol. The van der Waals surface area contributed by atoms with Crippen LogP contribution in [0.25, 0.3) is 0 Å². The quantitative estimate of drug-likeness (QED) is 0.440. The first-order valence-electron chi connectivity index (χ1n) is 14.2. The van der Waals surface area contributed by atoms with Crippen LogP contribution in [0.1, 0.15) is 75.1 Å². The minimum absolute atomic E-state index is 0.0397. The first kappa shape index (κ1) is 26.5. The number of cyclic esters (lactones) is 1. The molecule has 39 heavy (non-hydrogen) atoms. The van der Waals surface area contributed by atoms with E-state index in [1.807, 2.05) is 6.07 Å². The first-order chi connectivity index (χ1) is 18.6. The molecule has 210 valence electrons. The Labute approximate surface area is 228 Å². The molecule has 6 rings (SSSR count). The van der Waals surface area contributed by atoms with Crippen molar-refractivity contribution in [2.24, 2.45) is 28.6 Å². The molecule has 8 heteroatoms. The van der Waals surface area contributed by atoms with Crippen molar-refractivity contribution in [3.05, 3.63) is 47.5 Å². The molecular formula is C31H38O8. The third-order valence-electron chi connectivity index (χ3n) is 11.4. The van der Waals surface area contributed by atoms with Gasteiger partial charge in [0, 0.05) is 17.9 Å². The summed E-state index contributed by atoms with van der Waals surface area (Å²) in [5, 5.41) is 24.7. The summed E-state index contributed by atoms with van der Waals surface area (Å²) in [6, 6.07) is 8.77. The number of carbonyl (C=O) groups excluding carboxylic acids is 3. The van der Waals surface area contributed by atoms with Crippen molar-refractivity contribution < 1.29 is 38.8 Å². The zero-order chi connectivity index (χ0) is 27.6. The Morgan fingerprint density at radius 2 is 1.72 bits per heavy atom. The predicted octanol–water partition coefficient (Wildman–Crippen LogP) is 3.74. The Kier molecular flexibility index (Phi) is 6.23. The smallest absolute Gasteiger partial charge is 0.338 e. The number of hydrogen-bond donors (Lipinski definition) is 2. The zero-order valence-corrected chi connectivity index (χ0v) is 22.7. The minimum Gasteiger partial charge on any atom is -0.468 e. The highest BCUT2D eigenvalue weighted by atomic mass is 16.5. The number of fused-ring (bicyclic) bond motifs is 5. The zero-order valence-electron chi connectivity index (χ0n) is 22.7. The fourth-order valence-corrected chi connectivity index (χ4v) is 9.53. The summed E-state index contributed by atoms with van der Waals surface area (Å²) in [5.41, 5.74) is -2.67. The summed E-state index contributed by atoms with van der Waals surface area (Å²) in [6.45, 7) is 2.40. The molecule has 0 spiro atoms. The normalized spacial score (nSPS) is 42.9. The number of carbonyl (C=O) groups is 3. The van der Waals surface area contributed by atoms with Crippen LogP contribution < -0.4 is 0 Å². The third-order valence-corrected chi connectivity index (χ3v) is 11.4. The number of rotatable bonds is 4. The number of ether oxygens (including phenoxy) is 3. The molecule has 0 amide bonds. The second-order valence-corrected chi connectivity index (χ2v) is 12.7. The second-order valence-electron chi connectivity index (χ2n) is 12.7. The van der Waals surface area contributed by atoms with E-state index in [1.165, 1.54) is 7.11 Å². The molecule has 1 aliphatic heterocycles. The lowest BCUT2D eigenvalue weighted by molar-refractivity contribution is -0.261. The average Bonchev–Trinajstić information content (AvgIpc) is 3.47. The van der Waals surface area contributed by atoms with Crippen LogP contribution in [-0.4, -0.2) is 59.1 Å². The van der Waals surface area contributed by atoms with Crippen molar-refractivity contribution in [2.45, 2.75) is 82.0 Å². The van der Waals surface area contributed by atoms with E-state index in [0.717, 1.165) is 12.0 Å². The van der Waals surface area contributed by atoms with Crippen LogP contribution in [0.2, 0.25) is 0 Å². The van der Waals surface area contributed by atoms with E-state index >= 15 is 0 Å². The third kappa shape index (κ3) is 3.67. The fraction of sp³-hybridized carbons (Fsp3) is 0.645. The van der Waals surface area contributed by atoms with Crippen LogP contribution in [0.3, 0.4) is 0 Å². The number of hydrogen-bond acceptors (Lipinski definition) is 8. The van der Waals surface area contributed by atoms with Gasteiger partial charge in [0.25, 0.3) is 0 Å². The molecule has 0 aromatic heterocycles. The molecule has 0 saturated heterocycles. The number of benzene rings is 1. The summed E-state index contributed by atoms with van der Waals surface area (Å²) >= 11 is 0. The molecule has 8 unspecified atom stereocenters. The Balaban J connectivity index is 1.29. The lowest BCUT2D eigenvalue weighted by Crippen LogP contribution is -2.70. The Hall–Kier alpha value is -2.71. The van der Waals surface area contributed by atoms with Gasteiger partial charge in [-0.2, -0.15) is 0 Å². The van der Waals surface area contributed by atoms with Gasteiger partial charge in [-0.3, -0.25) is 4.79 Å². The molecule has 1 aromatic carbocycles. The molecule has 1 heterocycles. The molecule has 1 aromatic rings. The highest BCUT2D eigenvalue weighted by molar-refractivity contribution is 5.89. The van der Waals surface area contributed by atoms with Crippen molar-refractivity contribution in [2.75, 3.05) is 13.7 Å². The van der Waals surface area contributed by atoms with E-state index in [4.69, 9.17) is 14.2 Å². The van der Waals surface area contributed by atoms with Crippen LogP contribution in [0.15, 0.2) is 42.0 Å². The van der Waals surface area contributed by atoms with Gasteiger partial charge in [0.1, 0.15) is 12.7 Å². The predicted molar refractivity (Wildman–Crippen MR) is 139 cm³/mol. The van der Waals surface area contributed by atoms with Crippen LogP contribution >= 0.6 is 0 Å². The van der Waals surface area contributed by atoms with E-state index in [9.17, 15) is 24.6 Å². The molecule has 5 aliphatic rings. The number of esters is 3. The van der Waals surface area contributed by atoms with Crippen molar-refractivity contribution >= 4 is 17.9 Å². The number of methoxy groups -OCH3 is 1. The molecule has 4 aliphatic carbocycles. The highest BCUT2D eigenvalue weighted by Gasteiger charge is 2.74. The lowest BCUT2D eigenvalue weighted by Gasteiger charge is -2.65. The number of aliphatic hydroxyl groups is 2. The molecule has 4 saturated carbocycles. The van der Waals surface area contributed by atoms with Crippen LogP contribution in [0, 0.1) is 28.6 Å². The van der Waals surface area contributed by atoms with Gasteiger partial charge in [-0.1, -0.05) is 25.1 Å². The van der Waals surface area contributed by atoms with E-state index < -0.39 is 40.1 Å². The van der Waals surface area contributed by atoms with Crippen molar-refractivity contribution in [3.63, 3.8) is 0 Å². The van der Waals surface area contributed by atoms with Crippen molar-refractivity contribution in [1.82, 2.24) is 0 Å². The van der Waals surface area contributed by atoms with E-state index in [2.05, 4.69) is 6.92 Å². The van der Waals surface area contributed by atoms with Gasteiger partial charge >= 0.3 is 17.9 Å². The van der Waals surface area contributed by atoms with E-state index in [-0.39, 0.29) is 36.8 Å². The molecule has 8 nitrogen and oxygen atoms in total. The molecule has 0 bridgehead atoms. The first-order valence-corrected chi connectivity index (χ1v) is 14.2. The molecule has 2 N–H and O–H groups in total. The largest absolute Gasteiger partial charge is 0.468 e. The summed E-state index contributed by atoms with van der Waals surface area (Å²) in [6.07, 6.45) is 5.53. The van der Waals surface area contributed by atoms with Gasteiger partial charge in [0.15, 0.2) is 0 Å². The minimum atomic E-state index is -1.41. The molecule has 4 fully saturated rings. The molecule has 8 atom stereocenters. The molecule has 0 radical (unpaired) electrons. The van der Waals surface area contributed by atoms with Crippen molar-refractivity contribution in [1.29, 1.82) is 0 Å². The van der Waals surface area contributed by atoms with Gasteiger partial charge in [-0.25, -0.2) is 9.59 Å². The van der Waals surface area contributed by atoms with Crippen LogP contribution in [0.4, 0.5) is 0 Å². The fourth-order valence-electron chi connectivity index (χ4n) is 9.53. The van der Waals surface area contributed by atoms with Gasteiger partial charge in [0.2, 0.25) is 0 Å². The Morgan fingerprint density at radius 3 is 2.41 bits per heavy atom. The van der Waals surface area contributed by atoms with Gasteiger partial charge in [-0.05, 0) is 86.8 Å². The summed E-state index contributed by atoms with van der Waals surface area (Å²) in [4.78, 5) is 38.3. The van der Waals surface area contributed by atoms with Crippen LogP contribution in [-0.2, 0) is 23.8 Å². The SMILES string of the molecule is COC(=O)C12CCC(OC(=O)c3ccccc3)CC1(O)CCC1C2CCC2(C)C(C3=CC(=O)OC3)CCC12O. The highest BCUT2D eigenvalue weighted by Crippen LogP contribution is 2.71. The van der Waals surface area contributed by atoms with E-state index in [0.29, 0.717) is 50.5 Å². The van der Waals surface area contributed by atoms with Gasteiger partial charge in [0.05, 0.1) is 29.3 Å². The van der Waals surface area contributed by atoms with Crippen LogP contribution in [0.5, 0.6) is 0 Å². The maximum Gasteiger partial charge on any atom is 0.338 e. The Bertz CT molecular complexity index is 1210. The maximum absolute atomic E-state index is 13.7. The van der Waals surface area contributed by atoms with Gasteiger partial charge in [-0.15, -0.1) is 0 Å². The monoisotopic (exact) mass is 538 g/mol. The summed E-state index contributed by atoms with van der Waals surface area (Å²) in [7, 11) is 1.36. The second kappa shape index (κ2) is 9.16. The lowest BCUT2D eigenvalue weighted by atomic mass is 9.41. The average molecular weight is 539 g/mol. The topological polar surface area (TPSA) is 119 Å². The van der Waals surface area contributed by atoms with Gasteiger partial charge < -0.3 is 24.4 Å². The maximum atomic E-state index is 13.7. The van der Waals surface area contributed by atoms with E-state index in [1.54, 1.807) is 30.3 Å². The van der Waals surface area contributed by atoms with Crippen molar-refractivity contribution in [3.8, 4) is 0 Å². The summed E-state index contributed by atoms with van der Waals surface area (Å²) < 4.78 is 16.4. The standard InChI is InChI=1S/C31H38O8/c1-28-12-9-23-24(31(28,36)15-11-22(28)20-16-25(32)38-18-20)10-13-29(35)17-21(8-14-30(23,29)27(34)37-2)39-26(33)19-6-4-3-5-7-19/h3-7,16,21-24,35-36H,8-15,17-18H2,1-2H3.